The maximum atomic E-state index is 11.8. The fraction of sp³-hybridized carbons (Fsp3) is 0.318. The Balaban J connectivity index is 0.00000124. The lowest BCUT2D eigenvalue weighted by atomic mass is 10.2. The summed E-state index contributed by atoms with van der Waals surface area (Å²) in [6.07, 6.45) is 10.8. The Kier molecular flexibility index (Phi) is 7.24. The molecule has 30 heavy (non-hydrogen) atoms. The molecule has 0 bridgehead atoms. The van der Waals surface area contributed by atoms with Crippen LogP contribution in [0.5, 0.6) is 0 Å². The number of fused-ring (bicyclic) bond motifs is 1. The number of carbonyl (C=O) groups is 1. The molecule has 0 spiro atoms. The zero-order valence-corrected chi connectivity index (χ0v) is 17.0. The number of ether oxygens (including phenoxy) is 1. The molecule has 0 aliphatic carbocycles. The normalized spacial score (nSPS) is 13.4. The van der Waals surface area contributed by atoms with Crippen LogP contribution >= 0.6 is 0 Å². The first-order valence-electron chi connectivity index (χ1n) is 9.91. The van der Waals surface area contributed by atoms with E-state index in [0.717, 1.165) is 42.1 Å². The number of amides is 2. The number of anilines is 2. The first-order valence-corrected chi connectivity index (χ1v) is 9.91. The maximum absolute atomic E-state index is 11.8. The summed E-state index contributed by atoms with van der Waals surface area (Å²) in [6, 6.07) is 11.4. The van der Waals surface area contributed by atoms with E-state index in [4.69, 9.17) is 9.72 Å². The number of hydrogen-bond acceptors (Lipinski definition) is 5. The molecular weight excluding hydrogens is 380 g/mol. The first-order chi connectivity index (χ1) is 14.7. The van der Waals surface area contributed by atoms with Crippen molar-refractivity contribution in [2.75, 3.05) is 43.1 Å². The fourth-order valence-electron chi connectivity index (χ4n) is 3.17. The fourth-order valence-corrected chi connectivity index (χ4v) is 3.17. The lowest BCUT2D eigenvalue weighted by molar-refractivity contribution is 0.122. The topological polar surface area (TPSA) is 83.8 Å². The Morgan fingerprint density at radius 3 is 2.60 bits per heavy atom. The first kappa shape index (κ1) is 21.1. The van der Waals surface area contributed by atoms with E-state index in [-0.39, 0.29) is 6.03 Å². The number of aromatic nitrogens is 3. The standard InChI is InChI=1S/C20H24N6O2.C2H2/c1-2-9-21-20(27)22-16-7-5-15(6-8-16)18-23-19(25-11-13-28-14-12-25)17-4-3-10-26(17)24-18;1-2/h3-8,10H,2,9,11-14H2,1H3,(H2,21,22,27);1-2H. The van der Waals surface area contributed by atoms with Crippen molar-refractivity contribution < 1.29 is 9.53 Å². The number of nitrogens with zero attached hydrogens (tertiary/aromatic N) is 4. The summed E-state index contributed by atoms with van der Waals surface area (Å²) in [5, 5.41) is 10.3. The lowest BCUT2D eigenvalue weighted by Crippen LogP contribution is -2.37. The van der Waals surface area contributed by atoms with Crippen LogP contribution in [0.2, 0.25) is 0 Å². The van der Waals surface area contributed by atoms with E-state index in [1.807, 2.05) is 54.0 Å². The predicted octanol–water partition coefficient (Wildman–Crippen LogP) is 3.01. The van der Waals surface area contributed by atoms with Gasteiger partial charge in [-0.1, -0.05) is 6.92 Å². The molecule has 0 radical (unpaired) electrons. The molecule has 1 aliphatic heterocycles. The van der Waals surface area contributed by atoms with Gasteiger partial charge in [-0.05, 0) is 42.8 Å². The molecular formula is C22H26N6O2. The van der Waals surface area contributed by atoms with Crippen LogP contribution in [-0.2, 0) is 4.74 Å². The number of nitrogens with one attached hydrogen (secondary N) is 2. The number of urea groups is 1. The molecule has 8 nitrogen and oxygen atoms in total. The van der Waals surface area contributed by atoms with Gasteiger partial charge in [0.1, 0.15) is 5.52 Å². The summed E-state index contributed by atoms with van der Waals surface area (Å²) in [5.41, 5.74) is 2.61. The molecule has 0 unspecified atom stereocenters. The molecule has 1 aliphatic rings. The molecule has 1 aromatic carbocycles. The lowest BCUT2D eigenvalue weighted by Gasteiger charge is -2.28. The van der Waals surface area contributed by atoms with Crippen molar-refractivity contribution >= 4 is 23.1 Å². The van der Waals surface area contributed by atoms with Crippen LogP contribution in [0.25, 0.3) is 16.9 Å². The molecule has 2 N–H and O–H groups in total. The quantitative estimate of drug-likeness (QED) is 0.637. The third kappa shape index (κ3) is 4.88. The van der Waals surface area contributed by atoms with Crippen LogP contribution < -0.4 is 15.5 Å². The third-order valence-electron chi connectivity index (χ3n) is 4.62. The van der Waals surface area contributed by atoms with E-state index in [9.17, 15) is 4.79 Å². The van der Waals surface area contributed by atoms with Gasteiger partial charge in [0.15, 0.2) is 11.6 Å². The van der Waals surface area contributed by atoms with Gasteiger partial charge in [0.2, 0.25) is 0 Å². The summed E-state index contributed by atoms with van der Waals surface area (Å²) < 4.78 is 7.33. The van der Waals surface area contributed by atoms with Crippen molar-refractivity contribution in [2.24, 2.45) is 0 Å². The zero-order chi connectivity index (χ0) is 21.3. The molecule has 2 amide bonds. The van der Waals surface area contributed by atoms with E-state index >= 15 is 0 Å². The molecule has 2 aromatic heterocycles. The summed E-state index contributed by atoms with van der Waals surface area (Å²) in [7, 11) is 0. The summed E-state index contributed by atoms with van der Waals surface area (Å²) in [4.78, 5) is 18.9. The van der Waals surface area contributed by atoms with Gasteiger partial charge >= 0.3 is 6.03 Å². The highest BCUT2D eigenvalue weighted by Gasteiger charge is 2.18. The predicted molar refractivity (Wildman–Crippen MR) is 119 cm³/mol. The van der Waals surface area contributed by atoms with Gasteiger partial charge in [0.05, 0.1) is 13.2 Å². The van der Waals surface area contributed by atoms with E-state index in [1.54, 1.807) is 0 Å². The van der Waals surface area contributed by atoms with Gasteiger partial charge in [-0.2, -0.15) is 0 Å². The van der Waals surface area contributed by atoms with Crippen LogP contribution in [0.1, 0.15) is 13.3 Å². The van der Waals surface area contributed by atoms with E-state index < -0.39 is 0 Å². The monoisotopic (exact) mass is 406 g/mol. The van der Waals surface area contributed by atoms with Gasteiger partial charge < -0.3 is 20.3 Å². The molecule has 8 heteroatoms. The molecule has 0 saturated carbocycles. The molecule has 1 fully saturated rings. The Morgan fingerprint density at radius 1 is 1.17 bits per heavy atom. The molecule has 3 aromatic rings. The van der Waals surface area contributed by atoms with Crippen LogP contribution in [0.15, 0.2) is 42.6 Å². The van der Waals surface area contributed by atoms with Crippen molar-refractivity contribution in [1.82, 2.24) is 19.9 Å². The zero-order valence-electron chi connectivity index (χ0n) is 17.0. The molecule has 4 rings (SSSR count). The minimum Gasteiger partial charge on any atom is -0.378 e. The number of hydrogen-bond donors (Lipinski definition) is 2. The van der Waals surface area contributed by atoms with Gasteiger partial charge in [0.25, 0.3) is 0 Å². The number of carbonyl (C=O) groups excluding carboxylic acids is 1. The number of terminal acetylenes is 1. The minimum atomic E-state index is -0.200. The van der Waals surface area contributed by atoms with Gasteiger partial charge in [-0.3, -0.25) is 0 Å². The number of rotatable bonds is 5. The highest BCUT2D eigenvalue weighted by atomic mass is 16.5. The average molecular weight is 406 g/mol. The second-order valence-electron chi connectivity index (χ2n) is 6.65. The maximum Gasteiger partial charge on any atom is 0.319 e. The van der Waals surface area contributed by atoms with Crippen molar-refractivity contribution in [3.8, 4) is 24.2 Å². The van der Waals surface area contributed by atoms with E-state index in [1.165, 1.54) is 0 Å². The molecule has 1 saturated heterocycles. The second-order valence-corrected chi connectivity index (χ2v) is 6.65. The summed E-state index contributed by atoms with van der Waals surface area (Å²) in [5.74, 6) is 1.56. The second kappa shape index (κ2) is 10.3. The van der Waals surface area contributed by atoms with Crippen LogP contribution in [0.4, 0.5) is 16.3 Å². The molecule has 156 valence electrons. The average Bonchev–Trinajstić information content (AvgIpc) is 3.28. The molecule has 0 atom stereocenters. The van der Waals surface area contributed by atoms with E-state index in [2.05, 4.69) is 33.5 Å². The smallest absolute Gasteiger partial charge is 0.319 e. The van der Waals surface area contributed by atoms with Crippen molar-refractivity contribution in [3.63, 3.8) is 0 Å². The highest BCUT2D eigenvalue weighted by molar-refractivity contribution is 5.89. The summed E-state index contributed by atoms with van der Waals surface area (Å²) >= 11 is 0. The Labute approximate surface area is 176 Å². The van der Waals surface area contributed by atoms with E-state index in [0.29, 0.717) is 25.6 Å². The van der Waals surface area contributed by atoms with Crippen LogP contribution in [-0.4, -0.2) is 53.5 Å². The van der Waals surface area contributed by atoms with Crippen molar-refractivity contribution in [3.05, 3.63) is 42.6 Å². The van der Waals surface area contributed by atoms with Gasteiger partial charge in [0, 0.05) is 37.1 Å². The number of morpholine rings is 1. The largest absolute Gasteiger partial charge is 0.378 e. The number of benzene rings is 1. The van der Waals surface area contributed by atoms with Crippen LogP contribution in [0, 0.1) is 12.8 Å². The molecule has 3 heterocycles. The van der Waals surface area contributed by atoms with Crippen molar-refractivity contribution in [2.45, 2.75) is 13.3 Å². The van der Waals surface area contributed by atoms with Gasteiger partial charge in [-0.15, -0.1) is 17.9 Å². The highest BCUT2D eigenvalue weighted by Crippen LogP contribution is 2.25. The Bertz CT molecular complexity index is 990. The summed E-state index contributed by atoms with van der Waals surface area (Å²) in [6.45, 7) is 5.69. The van der Waals surface area contributed by atoms with Crippen LogP contribution in [0.3, 0.4) is 0 Å². The SMILES string of the molecule is C#C.CCCNC(=O)Nc1ccc(-c2nc(N3CCOCC3)c3cccn3n2)cc1. The third-order valence-corrected chi connectivity index (χ3v) is 4.62. The van der Waals surface area contributed by atoms with Gasteiger partial charge in [-0.25, -0.2) is 14.3 Å². The Hall–Kier alpha value is -3.57. The Morgan fingerprint density at radius 2 is 1.90 bits per heavy atom. The van der Waals surface area contributed by atoms with Crippen molar-refractivity contribution in [1.29, 1.82) is 0 Å². The minimum absolute atomic E-state index is 0.200.